The zero-order valence-corrected chi connectivity index (χ0v) is 16.9. The number of benzene rings is 2. The fraction of sp³-hybridized carbons (Fsp3) is 0.350. The van der Waals surface area contributed by atoms with E-state index >= 15 is 0 Å². The van der Waals surface area contributed by atoms with Gasteiger partial charge in [0.15, 0.2) is 11.5 Å². The molecule has 0 aliphatic rings. The van der Waals surface area contributed by atoms with Crippen molar-refractivity contribution < 1.29 is 14.3 Å². The Labute approximate surface area is 164 Å². The molecule has 0 atom stereocenters. The van der Waals surface area contributed by atoms with Crippen LogP contribution in [0.15, 0.2) is 36.4 Å². The number of aryl methyl sites for hydroxylation is 1. The molecule has 6 heteroatoms. The number of hydrogen-bond acceptors (Lipinski definition) is 4. The van der Waals surface area contributed by atoms with Crippen LogP contribution in [0.2, 0.25) is 5.02 Å². The topological polar surface area (TPSA) is 47.6 Å². The van der Waals surface area contributed by atoms with Crippen molar-refractivity contribution in [3.63, 3.8) is 0 Å². The van der Waals surface area contributed by atoms with Crippen LogP contribution in [0, 0.1) is 6.92 Å². The molecule has 0 aliphatic carbocycles. The lowest BCUT2D eigenvalue weighted by molar-refractivity contribution is -0.118. The second-order valence-electron chi connectivity index (χ2n) is 5.85. The average molecular weight is 394 g/mol. The summed E-state index contributed by atoms with van der Waals surface area (Å²) in [4.78, 5) is 12.0. The van der Waals surface area contributed by atoms with Gasteiger partial charge in [0, 0.05) is 17.3 Å². The summed E-state index contributed by atoms with van der Waals surface area (Å²) in [5.74, 6) is 2.65. The first-order chi connectivity index (χ1) is 12.5. The predicted molar refractivity (Wildman–Crippen MR) is 109 cm³/mol. The summed E-state index contributed by atoms with van der Waals surface area (Å²) >= 11 is 7.45. The van der Waals surface area contributed by atoms with E-state index in [2.05, 4.69) is 5.32 Å². The van der Waals surface area contributed by atoms with Crippen LogP contribution in [0.3, 0.4) is 0 Å². The van der Waals surface area contributed by atoms with Crippen LogP contribution in [-0.4, -0.2) is 32.4 Å². The Balaban J connectivity index is 1.75. The predicted octanol–water partition coefficient (Wildman–Crippen LogP) is 4.26. The van der Waals surface area contributed by atoms with Gasteiger partial charge in [0.05, 0.1) is 20.0 Å². The molecule has 0 heterocycles. The first-order valence-corrected chi connectivity index (χ1v) is 9.87. The van der Waals surface area contributed by atoms with Crippen LogP contribution in [0.1, 0.15) is 16.7 Å². The van der Waals surface area contributed by atoms with Gasteiger partial charge in [0.1, 0.15) is 0 Å². The number of rotatable bonds is 9. The zero-order valence-electron chi connectivity index (χ0n) is 15.3. The quantitative estimate of drug-likeness (QED) is 0.691. The van der Waals surface area contributed by atoms with Crippen LogP contribution in [0.5, 0.6) is 11.5 Å². The number of carbonyl (C=O) groups is 1. The standard InChI is InChI=1S/C20H24ClNO3S/c1-14-10-18(24-2)19(25-3)11-16(14)12-26-13-20(23)22-9-8-15-4-6-17(21)7-5-15/h4-7,10-11H,8-9,12-13H2,1-3H3,(H,22,23). The first-order valence-electron chi connectivity index (χ1n) is 8.34. The SMILES string of the molecule is COc1cc(C)c(CSCC(=O)NCCc2ccc(Cl)cc2)cc1OC. The van der Waals surface area contributed by atoms with Gasteiger partial charge in [-0.3, -0.25) is 4.79 Å². The molecule has 0 fully saturated rings. The Bertz CT molecular complexity index is 735. The summed E-state index contributed by atoms with van der Waals surface area (Å²) in [5, 5.41) is 3.67. The van der Waals surface area contributed by atoms with Crippen LogP contribution >= 0.6 is 23.4 Å². The van der Waals surface area contributed by atoms with Gasteiger partial charge in [0.25, 0.3) is 0 Å². The highest BCUT2D eigenvalue weighted by molar-refractivity contribution is 7.99. The van der Waals surface area contributed by atoms with Gasteiger partial charge >= 0.3 is 0 Å². The van der Waals surface area contributed by atoms with E-state index in [1.807, 2.05) is 43.3 Å². The van der Waals surface area contributed by atoms with E-state index in [1.54, 1.807) is 26.0 Å². The molecule has 4 nitrogen and oxygen atoms in total. The second-order valence-corrected chi connectivity index (χ2v) is 7.27. The smallest absolute Gasteiger partial charge is 0.230 e. The lowest BCUT2D eigenvalue weighted by Crippen LogP contribution is -2.27. The highest BCUT2D eigenvalue weighted by atomic mass is 35.5. The molecule has 1 amide bonds. The molecule has 2 aromatic carbocycles. The van der Waals surface area contributed by atoms with Gasteiger partial charge in [-0.2, -0.15) is 0 Å². The van der Waals surface area contributed by atoms with Gasteiger partial charge in [-0.25, -0.2) is 0 Å². The minimum Gasteiger partial charge on any atom is -0.493 e. The molecule has 0 radical (unpaired) electrons. The van der Waals surface area contributed by atoms with E-state index in [0.29, 0.717) is 18.0 Å². The van der Waals surface area contributed by atoms with Crippen molar-refractivity contribution in [3.05, 3.63) is 58.1 Å². The molecule has 26 heavy (non-hydrogen) atoms. The number of nitrogens with one attached hydrogen (secondary N) is 1. The minimum atomic E-state index is 0.0436. The van der Waals surface area contributed by atoms with Gasteiger partial charge in [-0.1, -0.05) is 23.7 Å². The number of halogens is 1. The van der Waals surface area contributed by atoms with Gasteiger partial charge in [-0.05, 0) is 54.3 Å². The van der Waals surface area contributed by atoms with Crippen molar-refractivity contribution in [1.29, 1.82) is 0 Å². The fourth-order valence-electron chi connectivity index (χ4n) is 2.48. The highest BCUT2D eigenvalue weighted by Crippen LogP contribution is 2.31. The summed E-state index contributed by atoms with van der Waals surface area (Å²) in [6.45, 7) is 2.65. The van der Waals surface area contributed by atoms with Crippen LogP contribution < -0.4 is 14.8 Å². The molecule has 0 aliphatic heterocycles. The fourth-order valence-corrected chi connectivity index (χ4v) is 3.53. The molecule has 0 spiro atoms. The Kier molecular flexibility index (Phi) is 8.13. The maximum absolute atomic E-state index is 12.0. The third kappa shape index (κ3) is 6.15. The zero-order chi connectivity index (χ0) is 18.9. The molecule has 1 N–H and O–H groups in total. The third-order valence-corrected chi connectivity index (χ3v) is 5.22. The summed E-state index contributed by atoms with van der Waals surface area (Å²) in [7, 11) is 3.25. The highest BCUT2D eigenvalue weighted by Gasteiger charge is 2.09. The van der Waals surface area contributed by atoms with Crippen molar-refractivity contribution in [2.75, 3.05) is 26.5 Å². The number of carbonyl (C=O) groups excluding carboxylic acids is 1. The van der Waals surface area contributed by atoms with Gasteiger partial charge in [-0.15, -0.1) is 11.8 Å². The van der Waals surface area contributed by atoms with E-state index < -0.39 is 0 Å². The number of amides is 1. The average Bonchev–Trinajstić information content (AvgIpc) is 2.64. The van der Waals surface area contributed by atoms with Crippen LogP contribution in [0.25, 0.3) is 0 Å². The molecular weight excluding hydrogens is 370 g/mol. The van der Waals surface area contributed by atoms with Crippen LogP contribution in [-0.2, 0) is 17.0 Å². The second kappa shape index (κ2) is 10.3. The van der Waals surface area contributed by atoms with Crippen molar-refractivity contribution in [1.82, 2.24) is 5.32 Å². The van der Waals surface area contributed by atoms with Crippen molar-refractivity contribution in [2.24, 2.45) is 0 Å². The van der Waals surface area contributed by atoms with Crippen molar-refractivity contribution >= 4 is 29.3 Å². The molecule has 0 saturated heterocycles. The maximum Gasteiger partial charge on any atom is 0.230 e. The first kappa shape index (κ1) is 20.5. The van der Waals surface area contributed by atoms with E-state index in [4.69, 9.17) is 21.1 Å². The maximum atomic E-state index is 12.0. The lowest BCUT2D eigenvalue weighted by Gasteiger charge is -2.12. The molecule has 2 aromatic rings. The largest absolute Gasteiger partial charge is 0.493 e. The van der Waals surface area contributed by atoms with Gasteiger partial charge in [0.2, 0.25) is 5.91 Å². The lowest BCUT2D eigenvalue weighted by atomic mass is 10.1. The summed E-state index contributed by atoms with van der Waals surface area (Å²) in [5.41, 5.74) is 3.42. The normalized spacial score (nSPS) is 10.5. The Morgan fingerprint density at radius 2 is 1.77 bits per heavy atom. The third-order valence-electron chi connectivity index (χ3n) is 3.98. The Hall–Kier alpha value is -1.85. The summed E-state index contributed by atoms with van der Waals surface area (Å²) < 4.78 is 10.6. The molecule has 0 aromatic heterocycles. The molecule has 2 rings (SSSR count). The molecule has 0 unspecified atom stereocenters. The van der Waals surface area contributed by atoms with Crippen molar-refractivity contribution in [3.8, 4) is 11.5 Å². The molecular formula is C20H24ClNO3S. The minimum absolute atomic E-state index is 0.0436. The van der Waals surface area contributed by atoms with Gasteiger partial charge < -0.3 is 14.8 Å². The number of hydrogen-bond donors (Lipinski definition) is 1. The Morgan fingerprint density at radius 1 is 1.12 bits per heavy atom. The van der Waals surface area contributed by atoms with Crippen LogP contribution in [0.4, 0.5) is 0 Å². The summed E-state index contributed by atoms with van der Waals surface area (Å²) in [6.07, 6.45) is 0.794. The number of ether oxygens (including phenoxy) is 2. The van der Waals surface area contributed by atoms with Crippen molar-refractivity contribution in [2.45, 2.75) is 19.1 Å². The monoisotopic (exact) mass is 393 g/mol. The molecule has 0 saturated carbocycles. The van der Waals surface area contributed by atoms with E-state index in [0.717, 1.165) is 39.6 Å². The molecule has 140 valence electrons. The van der Waals surface area contributed by atoms with E-state index in [1.165, 1.54) is 0 Å². The molecule has 0 bridgehead atoms. The number of thioether (sulfide) groups is 1. The van der Waals surface area contributed by atoms with E-state index in [9.17, 15) is 4.79 Å². The Morgan fingerprint density at radius 3 is 2.42 bits per heavy atom. The number of methoxy groups -OCH3 is 2. The summed E-state index contributed by atoms with van der Waals surface area (Å²) in [6, 6.07) is 11.6. The van der Waals surface area contributed by atoms with E-state index in [-0.39, 0.29) is 5.91 Å².